The van der Waals surface area contributed by atoms with E-state index in [9.17, 15) is 9.59 Å². The van der Waals surface area contributed by atoms with Crippen LogP contribution in [0.5, 0.6) is 11.5 Å². The molecule has 0 saturated heterocycles. The third-order valence-electron chi connectivity index (χ3n) is 2.15. The Hall–Kier alpha value is -1.84. The molecule has 0 aromatic heterocycles. The molecule has 0 radical (unpaired) electrons. The lowest BCUT2D eigenvalue weighted by atomic mass is 10.1. The molecule has 0 N–H and O–H groups in total. The predicted molar refractivity (Wildman–Crippen MR) is 52.0 cm³/mol. The molecule has 0 unspecified atom stereocenters. The van der Waals surface area contributed by atoms with E-state index in [0.29, 0.717) is 17.8 Å². The normalized spacial score (nSPS) is 12.5. The average molecular weight is 206 g/mol. The molecule has 4 nitrogen and oxygen atoms in total. The third kappa shape index (κ3) is 2.15. The van der Waals surface area contributed by atoms with Gasteiger partial charge in [-0.05, 0) is 17.7 Å². The molecule has 0 amide bonds. The van der Waals surface area contributed by atoms with Crippen molar-refractivity contribution in [3.05, 3.63) is 23.8 Å². The van der Waals surface area contributed by atoms with E-state index in [1.807, 2.05) is 0 Å². The van der Waals surface area contributed by atoms with Gasteiger partial charge in [0.1, 0.15) is 12.1 Å². The van der Waals surface area contributed by atoms with Gasteiger partial charge in [0.25, 0.3) is 0 Å². The molecule has 1 aliphatic rings. The molecular formula is C11H10O4. The highest BCUT2D eigenvalue weighted by Gasteiger charge is 2.14. The Kier molecular flexibility index (Phi) is 2.67. The SMILES string of the molecule is O=CCC(=O)Cc1ccc2c(c1)OCO2. The van der Waals surface area contributed by atoms with Crippen LogP contribution in [0.1, 0.15) is 12.0 Å². The summed E-state index contributed by atoms with van der Waals surface area (Å²) in [6, 6.07) is 5.34. The van der Waals surface area contributed by atoms with Gasteiger partial charge in [-0.15, -0.1) is 0 Å². The molecule has 0 aliphatic carbocycles. The number of hydrogen-bond acceptors (Lipinski definition) is 4. The molecule has 0 saturated carbocycles. The minimum absolute atomic E-state index is 0.0333. The molecular weight excluding hydrogens is 196 g/mol. The van der Waals surface area contributed by atoms with Crippen LogP contribution >= 0.6 is 0 Å². The Morgan fingerprint density at radius 1 is 1.33 bits per heavy atom. The summed E-state index contributed by atoms with van der Waals surface area (Å²) in [6.45, 7) is 0.223. The van der Waals surface area contributed by atoms with Crippen molar-refractivity contribution in [1.29, 1.82) is 0 Å². The fourth-order valence-electron chi connectivity index (χ4n) is 1.44. The number of rotatable bonds is 4. The second kappa shape index (κ2) is 4.13. The molecule has 4 heteroatoms. The van der Waals surface area contributed by atoms with Crippen LogP contribution in [0.3, 0.4) is 0 Å². The van der Waals surface area contributed by atoms with Crippen molar-refractivity contribution < 1.29 is 19.1 Å². The first-order chi connectivity index (χ1) is 7.29. The first-order valence-electron chi connectivity index (χ1n) is 4.63. The molecule has 78 valence electrons. The van der Waals surface area contributed by atoms with Crippen LogP contribution in [0, 0.1) is 0 Å². The lowest BCUT2D eigenvalue weighted by Crippen LogP contribution is -2.02. The lowest BCUT2D eigenvalue weighted by Gasteiger charge is -2.00. The summed E-state index contributed by atoms with van der Waals surface area (Å²) in [7, 11) is 0. The van der Waals surface area contributed by atoms with Gasteiger partial charge in [0.05, 0.1) is 6.42 Å². The van der Waals surface area contributed by atoms with Crippen molar-refractivity contribution >= 4 is 12.1 Å². The highest BCUT2D eigenvalue weighted by molar-refractivity contribution is 5.91. The van der Waals surface area contributed by atoms with E-state index >= 15 is 0 Å². The number of fused-ring (bicyclic) bond motifs is 1. The Balaban J connectivity index is 2.10. The predicted octanol–water partition coefficient (Wildman–Crippen LogP) is 1.12. The zero-order valence-electron chi connectivity index (χ0n) is 8.06. The van der Waals surface area contributed by atoms with E-state index in [1.54, 1.807) is 18.2 Å². The average Bonchev–Trinajstić information content (AvgIpc) is 2.65. The molecule has 0 atom stereocenters. The maximum absolute atomic E-state index is 11.2. The molecule has 1 aromatic carbocycles. The summed E-state index contributed by atoms with van der Waals surface area (Å²) in [5.74, 6) is 1.26. The second-order valence-corrected chi connectivity index (χ2v) is 3.27. The zero-order chi connectivity index (χ0) is 10.7. The Bertz CT molecular complexity index is 398. The smallest absolute Gasteiger partial charge is 0.231 e. The highest BCUT2D eigenvalue weighted by atomic mass is 16.7. The van der Waals surface area contributed by atoms with Crippen LogP contribution in [-0.2, 0) is 16.0 Å². The summed E-state index contributed by atoms with van der Waals surface area (Å²) < 4.78 is 10.3. The molecule has 2 rings (SSSR count). The van der Waals surface area contributed by atoms with E-state index in [-0.39, 0.29) is 25.4 Å². The number of Topliss-reactive ketones (excluding diaryl/α,β-unsaturated/α-hetero) is 1. The maximum atomic E-state index is 11.2. The fraction of sp³-hybridized carbons (Fsp3) is 0.273. The summed E-state index contributed by atoms with van der Waals surface area (Å²) in [6.07, 6.45) is 0.846. The Morgan fingerprint density at radius 3 is 2.93 bits per heavy atom. The van der Waals surface area contributed by atoms with Gasteiger partial charge >= 0.3 is 0 Å². The first kappa shape index (κ1) is 9.71. The van der Waals surface area contributed by atoms with E-state index in [0.717, 1.165) is 5.56 Å². The quantitative estimate of drug-likeness (QED) is 0.547. The highest BCUT2D eigenvalue weighted by Crippen LogP contribution is 2.32. The van der Waals surface area contributed by atoms with Crippen molar-refractivity contribution in [2.75, 3.05) is 6.79 Å². The van der Waals surface area contributed by atoms with Crippen LogP contribution < -0.4 is 9.47 Å². The van der Waals surface area contributed by atoms with Crippen molar-refractivity contribution in [3.63, 3.8) is 0 Å². The van der Waals surface area contributed by atoms with Crippen LogP contribution in [0.25, 0.3) is 0 Å². The number of aldehydes is 1. The van der Waals surface area contributed by atoms with Crippen molar-refractivity contribution in [2.24, 2.45) is 0 Å². The molecule has 15 heavy (non-hydrogen) atoms. The standard InChI is InChI=1S/C11H10O4/c12-4-3-9(13)5-8-1-2-10-11(6-8)15-7-14-10/h1-2,4,6H,3,5,7H2. The van der Waals surface area contributed by atoms with Gasteiger partial charge in [-0.2, -0.15) is 0 Å². The Morgan fingerprint density at radius 2 is 2.13 bits per heavy atom. The molecule has 0 spiro atoms. The Labute approximate surface area is 86.8 Å². The van der Waals surface area contributed by atoms with Gasteiger partial charge in [0.15, 0.2) is 11.5 Å². The third-order valence-corrected chi connectivity index (χ3v) is 2.15. The number of carbonyl (C=O) groups excluding carboxylic acids is 2. The van der Waals surface area contributed by atoms with Gasteiger partial charge in [0, 0.05) is 6.42 Å². The zero-order valence-corrected chi connectivity index (χ0v) is 8.06. The van der Waals surface area contributed by atoms with Gasteiger partial charge in [-0.25, -0.2) is 0 Å². The van der Waals surface area contributed by atoms with Crippen molar-refractivity contribution in [2.45, 2.75) is 12.8 Å². The summed E-state index contributed by atoms with van der Waals surface area (Å²) in [5.41, 5.74) is 0.839. The maximum Gasteiger partial charge on any atom is 0.231 e. The largest absolute Gasteiger partial charge is 0.454 e. The summed E-state index contributed by atoms with van der Waals surface area (Å²) in [4.78, 5) is 21.3. The summed E-state index contributed by atoms with van der Waals surface area (Å²) >= 11 is 0. The fourth-order valence-corrected chi connectivity index (χ4v) is 1.44. The van der Waals surface area contributed by atoms with Gasteiger partial charge in [0.2, 0.25) is 6.79 Å². The van der Waals surface area contributed by atoms with E-state index in [1.165, 1.54) is 0 Å². The van der Waals surface area contributed by atoms with Crippen LogP contribution in [0.15, 0.2) is 18.2 Å². The van der Waals surface area contributed by atoms with Crippen LogP contribution in [0.2, 0.25) is 0 Å². The number of benzene rings is 1. The first-order valence-corrected chi connectivity index (χ1v) is 4.63. The molecule has 1 aromatic rings. The number of ketones is 1. The summed E-state index contributed by atoms with van der Waals surface area (Å²) in [5, 5.41) is 0. The van der Waals surface area contributed by atoms with E-state index in [4.69, 9.17) is 9.47 Å². The molecule has 1 aliphatic heterocycles. The monoisotopic (exact) mass is 206 g/mol. The van der Waals surface area contributed by atoms with E-state index < -0.39 is 0 Å². The number of hydrogen-bond donors (Lipinski definition) is 0. The van der Waals surface area contributed by atoms with Crippen molar-refractivity contribution in [1.82, 2.24) is 0 Å². The number of ether oxygens (including phenoxy) is 2. The van der Waals surface area contributed by atoms with Gasteiger partial charge in [-0.3, -0.25) is 4.79 Å². The van der Waals surface area contributed by atoms with E-state index in [2.05, 4.69) is 0 Å². The van der Waals surface area contributed by atoms with Crippen molar-refractivity contribution in [3.8, 4) is 11.5 Å². The number of carbonyl (C=O) groups is 2. The van der Waals surface area contributed by atoms with Crippen LogP contribution in [0.4, 0.5) is 0 Å². The molecule has 0 fully saturated rings. The minimum Gasteiger partial charge on any atom is -0.454 e. The topological polar surface area (TPSA) is 52.6 Å². The minimum atomic E-state index is -0.0936. The van der Waals surface area contributed by atoms with Crippen LogP contribution in [-0.4, -0.2) is 18.9 Å². The second-order valence-electron chi connectivity index (χ2n) is 3.27. The lowest BCUT2D eigenvalue weighted by molar-refractivity contribution is -0.121. The van der Waals surface area contributed by atoms with Gasteiger partial charge in [-0.1, -0.05) is 6.07 Å². The molecule has 1 heterocycles. The molecule has 0 bridgehead atoms. The van der Waals surface area contributed by atoms with Gasteiger partial charge < -0.3 is 14.3 Å².